The van der Waals surface area contributed by atoms with Crippen LogP contribution in [0.15, 0.2) is 29.2 Å². The molecule has 31 heavy (non-hydrogen) atoms. The van der Waals surface area contributed by atoms with Crippen molar-refractivity contribution >= 4 is 51.7 Å². The number of thioether (sulfide) groups is 1. The molecule has 2 amide bonds. The van der Waals surface area contributed by atoms with E-state index in [1.165, 1.54) is 30.0 Å². The molecule has 0 fully saturated rings. The number of nitrogens with one attached hydrogen (secondary N) is 1. The maximum atomic E-state index is 13.0. The predicted octanol–water partition coefficient (Wildman–Crippen LogP) is 4.90. The summed E-state index contributed by atoms with van der Waals surface area (Å²) >= 11 is 2.63. The zero-order valence-electron chi connectivity index (χ0n) is 18.4. The topological polar surface area (TPSA) is 88.6 Å². The van der Waals surface area contributed by atoms with Gasteiger partial charge in [0, 0.05) is 24.1 Å². The Morgan fingerprint density at radius 3 is 2.48 bits per heavy atom. The number of esters is 1. The summed E-state index contributed by atoms with van der Waals surface area (Å²) in [6, 6.07) is 7.36. The molecule has 168 valence electrons. The molecule has 0 saturated heterocycles. The van der Waals surface area contributed by atoms with Crippen LogP contribution < -0.4 is 10.2 Å². The van der Waals surface area contributed by atoms with Crippen molar-refractivity contribution in [2.75, 3.05) is 29.1 Å². The molecule has 1 aromatic carbocycles. The van der Waals surface area contributed by atoms with Crippen LogP contribution in [-0.2, 0) is 14.3 Å². The summed E-state index contributed by atoms with van der Waals surface area (Å²) in [4.78, 5) is 43.8. The van der Waals surface area contributed by atoms with E-state index in [4.69, 9.17) is 4.74 Å². The number of benzene rings is 1. The lowest BCUT2D eigenvalue weighted by Gasteiger charge is -2.19. The normalized spacial score (nSPS) is 10.6. The average molecular weight is 464 g/mol. The molecule has 0 radical (unpaired) electrons. The van der Waals surface area contributed by atoms with Crippen LogP contribution in [0.1, 0.15) is 55.4 Å². The third-order valence-corrected chi connectivity index (χ3v) is 6.46. The number of carbonyl (C=O) groups is 3. The monoisotopic (exact) mass is 463 g/mol. The Kier molecular flexibility index (Phi) is 10.00. The van der Waals surface area contributed by atoms with E-state index in [9.17, 15) is 14.4 Å². The molecule has 2 aromatic rings. The van der Waals surface area contributed by atoms with Crippen molar-refractivity contribution in [1.82, 2.24) is 4.98 Å². The lowest BCUT2D eigenvalue weighted by atomic mass is 10.2. The first-order valence-electron chi connectivity index (χ1n) is 10.3. The number of aromatic nitrogens is 1. The van der Waals surface area contributed by atoms with Gasteiger partial charge in [0.1, 0.15) is 4.88 Å². The lowest BCUT2D eigenvalue weighted by Crippen LogP contribution is -2.33. The molecule has 9 heteroatoms. The molecule has 0 spiro atoms. The van der Waals surface area contributed by atoms with E-state index >= 15 is 0 Å². The van der Waals surface area contributed by atoms with Crippen LogP contribution in [0.4, 0.5) is 10.8 Å². The van der Waals surface area contributed by atoms with E-state index in [0.29, 0.717) is 34.5 Å². The van der Waals surface area contributed by atoms with Crippen molar-refractivity contribution in [2.24, 2.45) is 0 Å². The van der Waals surface area contributed by atoms with E-state index < -0.39 is 5.97 Å². The number of nitrogens with zero attached hydrogens (tertiary/aromatic N) is 2. The number of unbranched alkanes of at least 4 members (excludes halogenated alkanes) is 2. The molecular formula is C22H29N3O4S2. The van der Waals surface area contributed by atoms with E-state index in [1.807, 2.05) is 24.3 Å². The van der Waals surface area contributed by atoms with Crippen LogP contribution >= 0.6 is 23.1 Å². The highest BCUT2D eigenvalue weighted by Gasteiger charge is 2.23. The first-order chi connectivity index (χ1) is 14.8. The first kappa shape index (κ1) is 24.9. The number of rotatable bonds is 11. The number of amides is 2. The van der Waals surface area contributed by atoms with Crippen molar-refractivity contribution in [2.45, 2.75) is 51.9 Å². The van der Waals surface area contributed by atoms with Gasteiger partial charge in [0.05, 0.1) is 18.1 Å². The van der Waals surface area contributed by atoms with Crippen molar-refractivity contribution < 1.29 is 19.1 Å². The number of ether oxygens (including phenoxy) is 1. The molecule has 0 aliphatic heterocycles. The molecule has 0 aliphatic carbocycles. The Morgan fingerprint density at radius 1 is 1.16 bits per heavy atom. The molecule has 1 aromatic heterocycles. The third-order valence-electron chi connectivity index (χ3n) is 4.30. The number of carbonyl (C=O) groups excluding carboxylic acids is 3. The number of hydrogen-bond donors (Lipinski definition) is 1. The number of aryl methyl sites for hydroxylation is 1. The predicted molar refractivity (Wildman–Crippen MR) is 126 cm³/mol. The van der Waals surface area contributed by atoms with E-state index in [2.05, 4.69) is 17.2 Å². The van der Waals surface area contributed by atoms with Gasteiger partial charge in [0.25, 0.3) is 0 Å². The number of hydrogen-bond acceptors (Lipinski definition) is 7. The summed E-state index contributed by atoms with van der Waals surface area (Å²) in [5.41, 5.74) is 1.29. The zero-order valence-corrected chi connectivity index (χ0v) is 20.0. The minimum Gasteiger partial charge on any atom is -0.462 e. The molecule has 0 bridgehead atoms. The zero-order chi connectivity index (χ0) is 22.8. The molecular weight excluding hydrogens is 434 g/mol. The fourth-order valence-corrected chi connectivity index (χ4v) is 4.57. The molecule has 0 aliphatic rings. The minimum atomic E-state index is -0.404. The van der Waals surface area contributed by atoms with Crippen LogP contribution in [-0.4, -0.2) is 41.7 Å². The van der Waals surface area contributed by atoms with Gasteiger partial charge in [0.15, 0.2) is 5.13 Å². The Balaban J connectivity index is 2.10. The molecule has 0 atom stereocenters. The smallest absolute Gasteiger partial charge is 0.350 e. The minimum absolute atomic E-state index is 0.0591. The van der Waals surface area contributed by atoms with Crippen molar-refractivity contribution in [3.63, 3.8) is 0 Å². The van der Waals surface area contributed by atoms with Crippen molar-refractivity contribution in [3.8, 4) is 0 Å². The molecule has 0 saturated carbocycles. The van der Waals surface area contributed by atoms with Gasteiger partial charge in [0.2, 0.25) is 11.8 Å². The maximum Gasteiger partial charge on any atom is 0.350 e. The highest BCUT2D eigenvalue weighted by molar-refractivity contribution is 8.00. The maximum absolute atomic E-state index is 13.0. The molecule has 1 N–H and O–H groups in total. The van der Waals surface area contributed by atoms with Crippen molar-refractivity contribution in [3.05, 3.63) is 34.8 Å². The van der Waals surface area contributed by atoms with Crippen LogP contribution in [0.25, 0.3) is 0 Å². The van der Waals surface area contributed by atoms with Crippen LogP contribution in [0.2, 0.25) is 0 Å². The Morgan fingerprint density at radius 2 is 1.87 bits per heavy atom. The van der Waals surface area contributed by atoms with Gasteiger partial charge in [-0.25, -0.2) is 9.78 Å². The van der Waals surface area contributed by atoms with Gasteiger partial charge in [-0.05, 0) is 44.5 Å². The number of anilines is 2. The standard InChI is InChI=1S/C22H29N3O4S2/c1-5-7-8-13-25(22-23-15(3)20(31-22)21(28)29-6-2)19(27)14-30-18-11-9-17(10-12-18)24-16(4)26/h9-12H,5-8,13-14H2,1-4H3,(H,24,26). The largest absolute Gasteiger partial charge is 0.462 e. The second-order valence-electron chi connectivity index (χ2n) is 6.88. The fourth-order valence-electron chi connectivity index (χ4n) is 2.79. The summed E-state index contributed by atoms with van der Waals surface area (Å²) in [7, 11) is 0. The molecule has 1 heterocycles. The Hall–Kier alpha value is -2.39. The Bertz CT molecular complexity index is 897. The second kappa shape index (κ2) is 12.5. The molecule has 7 nitrogen and oxygen atoms in total. The van der Waals surface area contributed by atoms with Gasteiger partial charge in [-0.3, -0.25) is 14.5 Å². The quantitative estimate of drug-likeness (QED) is 0.290. The summed E-state index contributed by atoms with van der Waals surface area (Å²) in [6.45, 7) is 7.94. The van der Waals surface area contributed by atoms with E-state index in [-0.39, 0.29) is 17.6 Å². The summed E-state index contributed by atoms with van der Waals surface area (Å²) in [6.07, 6.45) is 2.92. The summed E-state index contributed by atoms with van der Waals surface area (Å²) in [5, 5.41) is 3.25. The summed E-state index contributed by atoms with van der Waals surface area (Å²) in [5.74, 6) is -0.340. The average Bonchev–Trinajstić information content (AvgIpc) is 3.11. The molecule has 0 unspecified atom stereocenters. The second-order valence-corrected chi connectivity index (χ2v) is 8.90. The van der Waals surface area contributed by atoms with Gasteiger partial charge in [-0.15, -0.1) is 11.8 Å². The van der Waals surface area contributed by atoms with Crippen LogP contribution in [0.3, 0.4) is 0 Å². The van der Waals surface area contributed by atoms with Crippen molar-refractivity contribution in [1.29, 1.82) is 0 Å². The molecule has 2 rings (SSSR count). The fraction of sp³-hybridized carbons (Fsp3) is 0.455. The lowest BCUT2D eigenvalue weighted by molar-refractivity contribution is -0.116. The first-order valence-corrected chi connectivity index (χ1v) is 12.1. The third kappa shape index (κ3) is 7.66. The van der Waals surface area contributed by atoms with Gasteiger partial charge in [-0.1, -0.05) is 31.1 Å². The highest BCUT2D eigenvalue weighted by Crippen LogP contribution is 2.29. The van der Waals surface area contributed by atoms with Crippen LogP contribution in [0, 0.1) is 6.92 Å². The van der Waals surface area contributed by atoms with Gasteiger partial charge < -0.3 is 10.1 Å². The SMILES string of the molecule is CCCCCN(C(=O)CSc1ccc(NC(C)=O)cc1)c1nc(C)c(C(=O)OCC)s1. The van der Waals surface area contributed by atoms with E-state index in [1.54, 1.807) is 18.7 Å². The summed E-state index contributed by atoms with van der Waals surface area (Å²) < 4.78 is 5.10. The van der Waals surface area contributed by atoms with Gasteiger partial charge >= 0.3 is 5.97 Å². The number of thiazole rings is 1. The van der Waals surface area contributed by atoms with E-state index in [0.717, 1.165) is 24.2 Å². The Labute approximate surface area is 191 Å². The van der Waals surface area contributed by atoms with Crippen LogP contribution in [0.5, 0.6) is 0 Å². The van der Waals surface area contributed by atoms with Gasteiger partial charge in [-0.2, -0.15) is 0 Å². The highest BCUT2D eigenvalue weighted by atomic mass is 32.2.